The van der Waals surface area contributed by atoms with E-state index < -0.39 is 0 Å². The molecule has 0 saturated carbocycles. The predicted molar refractivity (Wildman–Crippen MR) is 144 cm³/mol. The zero-order valence-corrected chi connectivity index (χ0v) is 19.6. The maximum Gasteiger partial charge on any atom is 0.145 e. The third-order valence-corrected chi connectivity index (χ3v) is 7.33. The molecule has 5 heterocycles. The van der Waals surface area contributed by atoms with Crippen molar-refractivity contribution in [2.75, 3.05) is 0 Å². The molecule has 0 N–H and O–H groups in total. The molecule has 0 amide bonds. The Balaban J connectivity index is 1.38. The lowest BCUT2D eigenvalue weighted by atomic mass is 10.2. The second kappa shape index (κ2) is 8.08. The van der Waals surface area contributed by atoms with E-state index >= 15 is 0 Å². The summed E-state index contributed by atoms with van der Waals surface area (Å²) in [4.78, 5) is 12.5. The number of hydrogen-bond donors (Lipinski definition) is 0. The summed E-state index contributed by atoms with van der Waals surface area (Å²) in [6, 6.07) is 37.5. The lowest BCUT2D eigenvalue weighted by Gasteiger charge is -2.00. The van der Waals surface area contributed by atoms with Gasteiger partial charge >= 0.3 is 0 Å². The topological polar surface area (TPSA) is 34.6 Å². The number of fused-ring (bicyclic) bond motifs is 2. The molecule has 0 atom stereocenters. The van der Waals surface area contributed by atoms with E-state index in [0.29, 0.717) is 0 Å². The number of aromatic nitrogens is 4. The lowest BCUT2D eigenvalue weighted by Crippen LogP contribution is -1.87. The molecular formula is C30H20N4S. The maximum atomic E-state index is 5.10. The number of thiophene rings is 1. The Morgan fingerprint density at radius 2 is 0.886 bits per heavy atom. The number of pyridine rings is 2. The van der Waals surface area contributed by atoms with Gasteiger partial charge in [-0.15, -0.1) is 11.3 Å². The standard InChI is InChI=1S/C30H20N4S/c1-3-11-21(12-4-1)29-31-27(23-15-7-9-19-33(23)29)25-17-18-26(35-25)28-24-16-8-10-20-34(24)30(32-28)22-13-5-2-6-14-22/h1-20H. The first kappa shape index (κ1) is 19.9. The molecular weight excluding hydrogens is 448 g/mol. The lowest BCUT2D eigenvalue weighted by molar-refractivity contribution is 1.16. The van der Waals surface area contributed by atoms with E-state index in [1.165, 1.54) is 0 Å². The van der Waals surface area contributed by atoms with Gasteiger partial charge in [0.1, 0.15) is 23.0 Å². The van der Waals surface area contributed by atoms with E-state index in [0.717, 1.165) is 55.0 Å². The molecule has 35 heavy (non-hydrogen) atoms. The van der Waals surface area contributed by atoms with Crippen molar-refractivity contribution in [2.45, 2.75) is 0 Å². The van der Waals surface area contributed by atoms with Gasteiger partial charge in [0.2, 0.25) is 0 Å². The predicted octanol–water partition coefficient (Wildman–Crippen LogP) is 7.71. The highest BCUT2D eigenvalue weighted by molar-refractivity contribution is 7.18. The van der Waals surface area contributed by atoms with Crippen molar-refractivity contribution in [1.29, 1.82) is 0 Å². The van der Waals surface area contributed by atoms with Gasteiger partial charge in [-0.3, -0.25) is 8.80 Å². The molecule has 0 aliphatic carbocycles. The summed E-state index contributed by atoms with van der Waals surface area (Å²) in [5, 5.41) is 0. The van der Waals surface area contributed by atoms with Gasteiger partial charge in [-0.2, -0.15) is 0 Å². The smallest absolute Gasteiger partial charge is 0.145 e. The van der Waals surface area contributed by atoms with E-state index in [9.17, 15) is 0 Å². The highest BCUT2D eigenvalue weighted by atomic mass is 32.1. The quantitative estimate of drug-likeness (QED) is 0.265. The first-order chi connectivity index (χ1) is 17.4. The van der Waals surface area contributed by atoms with Crippen molar-refractivity contribution >= 4 is 22.4 Å². The molecule has 0 fully saturated rings. The van der Waals surface area contributed by atoms with Crippen LogP contribution in [0.1, 0.15) is 0 Å². The van der Waals surface area contributed by atoms with Gasteiger partial charge in [-0.25, -0.2) is 9.97 Å². The fourth-order valence-corrected chi connectivity index (χ4v) is 5.62. The molecule has 0 radical (unpaired) electrons. The minimum atomic E-state index is 0.949. The van der Waals surface area contributed by atoms with E-state index in [2.05, 4.69) is 106 Å². The van der Waals surface area contributed by atoms with Gasteiger partial charge in [0, 0.05) is 23.5 Å². The second-order valence-corrected chi connectivity index (χ2v) is 9.46. The number of hydrogen-bond acceptors (Lipinski definition) is 3. The van der Waals surface area contributed by atoms with Gasteiger partial charge in [-0.05, 0) is 36.4 Å². The van der Waals surface area contributed by atoms with Gasteiger partial charge in [0.15, 0.2) is 0 Å². The molecule has 0 bridgehead atoms. The highest BCUT2D eigenvalue weighted by Gasteiger charge is 2.19. The Morgan fingerprint density at radius 3 is 1.34 bits per heavy atom. The van der Waals surface area contributed by atoms with E-state index in [1.54, 1.807) is 11.3 Å². The van der Waals surface area contributed by atoms with Crippen molar-refractivity contribution in [2.24, 2.45) is 0 Å². The van der Waals surface area contributed by atoms with Gasteiger partial charge in [0.05, 0.1) is 20.8 Å². The van der Waals surface area contributed by atoms with Crippen molar-refractivity contribution in [1.82, 2.24) is 18.8 Å². The largest absolute Gasteiger partial charge is 0.299 e. The van der Waals surface area contributed by atoms with Crippen LogP contribution in [0.4, 0.5) is 0 Å². The first-order valence-corrected chi connectivity index (χ1v) is 12.3. The SMILES string of the molecule is c1ccc(-c2nc(-c3ccc(-c4nc(-c5ccccc5)n5ccccc45)s3)c3ccccn23)cc1. The van der Waals surface area contributed by atoms with Crippen LogP contribution in [0.3, 0.4) is 0 Å². The Labute approximate surface area is 206 Å². The molecule has 0 unspecified atom stereocenters. The number of nitrogens with zero attached hydrogens (tertiary/aromatic N) is 4. The third-order valence-electron chi connectivity index (χ3n) is 6.23. The van der Waals surface area contributed by atoms with Crippen molar-refractivity contribution in [3.05, 3.63) is 122 Å². The van der Waals surface area contributed by atoms with Crippen LogP contribution in [-0.2, 0) is 0 Å². The number of rotatable bonds is 4. The average molecular weight is 469 g/mol. The van der Waals surface area contributed by atoms with Crippen molar-refractivity contribution < 1.29 is 0 Å². The van der Waals surface area contributed by atoms with Gasteiger partial charge < -0.3 is 0 Å². The molecule has 0 spiro atoms. The van der Waals surface area contributed by atoms with Crippen LogP contribution >= 0.6 is 11.3 Å². The highest BCUT2D eigenvalue weighted by Crippen LogP contribution is 2.39. The summed E-state index contributed by atoms with van der Waals surface area (Å²) in [6.07, 6.45) is 4.16. The zero-order valence-electron chi connectivity index (χ0n) is 18.7. The van der Waals surface area contributed by atoms with E-state index in [1.807, 2.05) is 24.3 Å². The molecule has 2 aromatic carbocycles. The monoisotopic (exact) mass is 468 g/mol. The molecule has 0 aliphatic rings. The fraction of sp³-hybridized carbons (Fsp3) is 0. The summed E-state index contributed by atoms with van der Waals surface area (Å²) in [5.74, 6) is 1.90. The Morgan fingerprint density at radius 1 is 0.457 bits per heavy atom. The molecule has 0 aliphatic heterocycles. The molecule has 166 valence electrons. The van der Waals surface area contributed by atoms with Crippen molar-refractivity contribution in [3.63, 3.8) is 0 Å². The summed E-state index contributed by atoms with van der Waals surface area (Å²) in [7, 11) is 0. The average Bonchev–Trinajstić information content (AvgIpc) is 3.65. The third kappa shape index (κ3) is 3.28. The van der Waals surface area contributed by atoms with Crippen molar-refractivity contribution in [3.8, 4) is 43.9 Å². The Hall–Kier alpha value is -4.48. The van der Waals surface area contributed by atoms with Crippen LogP contribution < -0.4 is 0 Å². The van der Waals surface area contributed by atoms with Crippen LogP contribution in [0.25, 0.3) is 55.0 Å². The van der Waals surface area contributed by atoms with Gasteiger partial charge in [0.25, 0.3) is 0 Å². The summed E-state index contributed by atoms with van der Waals surface area (Å²) < 4.78 is 4.34. The van der Waals surface area contributed by atoms with Gasteiger partial charge in [-0.1, -0.05) is 72.8 Å². The second-order valence-electron chi connectivity index (χ2n) is 8.38. The van der Waals surface area contributed by atoms with E-state index in [-0.39, 0.29) is 0 Å². The number of imidazole rings is 2. The maximum absolute atomic E-state index is 5.10. The van der Waals surface area contributed by atoms with Crippen LogP contribution in [0.2, 0.25) is 0 Å². The molecule has 7 rings (SSSR count). The molecule has 0 saturated heterocycles. The summed E-state index contributed by atoms with van der Waals surface area (Å²) in [5.41, 5.74) is 6.38. The fourth-order valence-electron chi connectivity index (χ4n) is 4.61. The Kier molecular flexibility index (Phi) is 4.60. The Bertz CT molecular complexity index is 1660. The minimum absolute atomic E-state index is 0.949. The summed E-state index contributed by atoms with van der Waals surface area (Å²) >= 11 is 1.73. The summed E-state index contributed by atoms with van der Waals surface area (Å²) in [6.45, 7) is 0. The molecule has 4 nitrogen and oxygen atoms in total. The zero-order chi connectivity index (χ0) is 23.2. The van der Waals surface area contributed by atoms with Crippen LogP contribution in [0.15, 0.2) is 122 Å². The van der Waals surface area contributed by atoms with Crippen LogP contribution in [-0.4, -0.2) is 18.8 Å². The number of benzene rings is 2. The minimum Gasteiger partial charge on any atom is -0.299 e. The molecule has 5 aromatic heterocycles. The van der Waals surface area contributed by atoms with Crippen LogP contribution in [0, 0.1) is 0 Å². The van der Waals surface area contributed by atoms with E-state index in [4.69, 9.17) is 9.97 Å². The first-order valence-electron chi connectivity index (χ1n) is 11.5. The molecule has 7 aromatic rings. The van der Waals surface area contributed by atoms with Crippen LogP contribution in [0.5, 0.6) is 0 Å². The normalized spacial score (nSPS) is 11.4. The molecule has 5 heteroatoms.